The molecule has 0 saturated heterocycles. The largest absolute Gasteiger partial charge is 2.00 e. The molecule has 2 heteroatoms. The van der Waals surface area contributed by atoms with Gasteiger partial charge >= 0.3 is 17.1 Å². The maximum atomic E-state index is 9.98. The van der Waals surface area contributed by atoms with E-state index in [2.05, 4.69) is 20.3 Å². The maximum Gasteiger partial charge on any atom is 2.00 e. The van der Waals surface area contributed by atoms with E-state index in [1.807, 2.05) is 44.9 Å². The molecule has 1 unspecified atom stereocenters. The monoisotopic (exact) mass is 284 g/mol. The van der Waals surface area contributed by atoms with Crippen LogP contribution in [0.3, 0.4) is 0 Å². The Morgan fingerprint density at radius 3 is 2.11 bits per heavy atom. The van der Waals surface area contributed by atoms with E-state index in [1.54, 1.807) is 0 Å². The Morgan fingerprint density at radius 1 is 1.00 bits per heavy atom. The first-order valence-corrected chi connectivity index (χ1v) is 6.20. The molecule has 3 rings (SSSR count). The Morgan fingerprint density at radius 2 is 1.56 bits per heavy atom. The Kier molecular flexibility index (Phi) is 6.72. The summed E-state index contributed by atoms with van der Waals surface area (Å²) < 4.78 is 0. The van der Waals surface area contributed by atoms with Crippen molar-refractivity contribution in [1.29, 1.82) is 0 Å². The third kappa shape index (κ3) is 3.98. The van der Waals surface area contributed by atoms with Gasteiger partial charge in [0.2, 0.25) is 0 Å². The molecule has 3 aliphatic carbocycles. The topological polar surface area (TPSA) is 20.2 Å². The summed E-state index contributed by atoms with van der Waals surface area (Å²) >= 11 is 0. The van der Waals surface area contributed by atoms with Crippen LogP contribution in [0, 0.1) is 68.6 Å². The zero-order valence-corrected chi connectivity index (χ0v) is 12.0. The van der Waals surface area contributed by atoms with Crippen molar-refractivity contribution in [2.45, 2.75) is 32.8 Å². The number of aliphatic hydroxyl groups is 1. The van der Waals surface area contributed by atoms with Crippen molar-refractivity contribution >= 4 is 0 Å². The molecule has 0 aromatic heterocycles. The quantitative estimate of drug-likeness (QED) is 0.678. The van der Waals surface area contributed by atoms with Crippen molar-refractivity contribution in [3.8, 4) is 0 Å². The Hall–Kier alpha value is 0.479. The van der Waals surface area contributed by atoms with Crippen LogP contribution in [0.4, 0.5) is 0 Å². The van der Waals surface area contributed by atoms with E-state index in [9.17, 15) is 5.11 Å². The number of rotatable bonds is 0. The van der Waals surface area contributed by atoms with Gasteiger partial charge in [0, 0.05) is 5.92 Å². The predicted molar refractivity (Wildman–Crippen MR) is 69.9 cm³/mol. The van der Waals surface area contributed by atoms with Gasteiger partial charge in [0.05, 0.1) is 6.10 Å². The van der Waals surface area contributed by atoms with Crippen molar-refractivity contribution in [1.82, 2.24) is 0 Å². The smallest absolute Gasteiger partial charge is 0.392 e. The molecule has 3 aliphatic rings. The van der Waals surface area contributed by atoms with Crippen molar-refractivity contribution in [2.24, 2.45) is 5.41 Å². The van der Waals surface area contributed by atoms with E-state index in [0.29, 0.717) is 0 Å². The first-order chi connectivity index (χ1) is 8.11. The normalized spacial score (nSPS) is 31.2. The van der Waals surface area contributed by atoms with Gasteiger partial charge in [-0.1, -0.05) is 13.8 Å². The molecule has 1 N–H and O–H groups in total. The second kappa shape index (κ2) is 7.31. The number of hydrogen-bond acceptors (Lipinski definition) is 1. The summed E-state index contributed by atoms with van der Waals surface area (Å²) in [6.07, 6.45) is 18.1. The first-order valence-electron chi connectivity index (χ1n) is 6.20. The molecule has 0 aromatic rings. The molecular formula is C16H20FeO+2. The minimum Gasteiger partial charge on any atom is -0.392 e. The minimum absolute atomic E-state index is 0. The van der Waals surface area contributed by atoms with Gasteiger partial charge in [0.25, 0.3) is 0 Å². The van der Waals surface area contributed by atoms with E-state index in [4.69, 9.17) is 0 Å². The molecule has 96 valence electrons. The molecule has 18 heavy (non-hydrogen) atoms. The van der Waals surface area contributed by atoms with Crippen LogP contribution in [0.1, 0.15) is 26.7 Å². The van der Waals surface area contributed by atoms with Crippen molar-refractivity contribution in [2.75, 3.05) is 0 Å². The third-order valence-electron chi connectivity index (χ3n) is 3.57. The molecule has 0 bridgehead atoms. The number of aliphatic hydroxyl groups excluding tert-OH is 1. The zero-order chi connectivity index (χ0) is 12.3. The van der Waals surface area contributed by atoms with E-state index in [0.717, 1.165) is 18.8 Å². The second-order valence-electron chi connectivity index (χ2n) is 5.36. The molecule has 0 amide bonds. The summed E-state index contributed by atoms with van der Waals surface area (Å²) in [4.78, 5) is 0. The summed E-state index contributed by atoms with van der Waals surface area (Å²) in [6, 6.07) is 0. The third-order valence-corrected chi connectivity index (χ3v) is 3.57. The van der Waals surface area contributed by atoms with Crippen LogP contribution in [0.15, 0.2) is 0 Å². The van der Waals surface area contributed by atoms with E-state index < -0.39 is 0 Å². The average Bonchev–Trinajstić information content (AvgIpc) is 2.97. The molecule has 10 radical (unpaired) electrons. The van der Waals surface area contributed by atoms with Gasteiger partial charge in [0.1, 0.15) is 0 Å². The number of fused-ring (bicyclic) bond motifs is 1. The van der Waals surface area contributed by atoms with Gasteiger partial charge in [-0.3, -0.25) is 0 Å². The van der Waals surface area contributed by atoms with Gasteiger partial charge < -0.3 is 5.11 Å². The van der Waals surface area contributed by atoms with Crippen molar-refractivity contribution in [3.05, 3.63) is 63.2 Å². The van der Waals surface area contributed by atoms with Crippen LogP contribution in [0.25, 0.3) is 0 Å². The van der Waals surface area contributed by atoms with Crippen molar-refractivity contribution < 1.29 is 22.2 Å². The van der Waals surface area contributed by atoms with Crippen molar-refractivity contribution in [3.63, 3.8) is 0 Å². The summed E-state index contributed by atoms with van der Waals surface area (Å²) in [7, 11) is 0. The van der Waals surface area contributed by atoms with E-state index >= 15 is 0 Å². The Labute approximate surface area is 124 Å². The van der Waals surface area contributed by atoms with Crippen LogP contribution >= 0.6 is 0 Å². The van der Waals surface area contributed by atoms with Gasteiger partial charge in [-0.15, -0.1) is 0 Å². The standard InChI is InChI=1S/C11H15O.C5H5.Fe/c1-11(2)7-6-8-4-3-5-9(8)10(11)12;1-2-4-5-3-1;/h3-5,10,12H,6-7H2,1-2H3;1-5H;/q;;+2. The average molecular weight is 284 g/mol. The summed E-state index contributed by atoms with van der Waals surface area (Å²) in [5.41, 5.74) is 0.0569. The van der Waals surface area contributed by atoms with Crippen LogP contribution in [-0.2, 0) is 17.1 Å². The van der Waals surface area contributed by atoms with Gasteiger partial charge in [-0.05, 0) is 75.5 Å². The van der Waals surface area contributed by atoms with Crippen LogP contribution in [-0.4, -0.2) is 11.2 Å². The predicted octanol–water partition coefficient (Wildman–Crippen LogP) is 2.96. The summed E-state index contributed by atoms with van der Waals surface area (Å²) in [5.74, 6) is 2.48. The van der Waals surface area contributed by atoms with Crippen LogP contribution in [0.2, 0.25) is 0 Å². The first kappa shape index (κ1) is 16.5. The minimum atomic E-state index is -0.267. The second-order valence-corrected chi connectivity index (χ2v) is 5.36. The Bertz CT molecular complexity index is 228. The fraction of sp³-hybridized carbons (Fsp3) is 0.375. The fourth-order valence-corrected chi connectivity index (χ4v) is 2.30. The Balaban J connectivity index is 0.000000230. The summed E-state index contributed by atoms with van der Waals surface area (Å²) in [6.45, 7) is 4.27. The molecule has 0 heterocycles. The van der Waals surface area contributed by atoms with Gasteiger partial charge in [-0.2, -0.15) is 0 Å². The van der Waals surface area contributed by atoms with E-state index in [1.165, 1.54) is 5.92 Å². The molecule has 0 aliphatic heterocycles. The van der Waals surface area contributed by atoms with E-state index in [-0.39, 0.29) is 28.6 Å². The summed E-state index contributed by atoms with van der Waals surface area (Å²) in [5, 5.41) is 9.98. The SMILES string of the molecule is CC1(C)CC[C]2[CH][CH][CH][C]2C1O.[CH]1[CH][CH][CH][CH]1.[Fe+2]. The molecule has 1 nitrogen and oxygen atoms in total. The molecule has 1 atom stereocenters. The maximum absolute atomic E-state index is 9.98. The molecule has 3 saturated carbocycles. The van der Waals surface area contributed by atoms with Crippen LogP contribution in [0.5, 0.6) is 0 Å². The number of hydrogen-bond donors (Lipinski definition) is 1. The molecule has 3 fully saturated rings. The molecular weight excluding hydrogens is 264 g/mol. The fourth-order valence-electron chi connectivity index (χ4n) is 2.30. The van der Waals surface area contributed by atoms with Crippen LogP contribution < -0.4 is 0 Å². The van der Waals surface area contributed by atoms with Gasteiger partial charge in [-0.25, -0.2) is 0 Å². The molecule has 0 spiro atoms. The van der Waals surface area contributed by atoms with Gasteiger partial charge in [0.15, 0.2) is 0 Å². The zero-order valence-electron chi connectivity index (χ0n) is 10.9. The molecule has 0 aromatic carbocycles.